The number of hydrogen-bond acceptors (Lipinski definition) is 5. The Hall–Kier alpha value is -1.41. The summed E-state index contributed by atoms with van der Waals surface area (Å²) in [5.41, 5.74) is 2.08. The largest absolute Gasteiger partial charge is 0.312 e. The molecule has 2 heterocycles. The van der Waals surface area contributed by atoms with Crippen LogP contribution in [0.4, 0.5) is 10.8 Å². The molecule has 1 aromatic carbocycles. The lowest BCUT2D eigenvalue weighted by molar-refractivity contribution is -0.117. The number of anilines is 2. The van der Waals surface area contributed by atoms with Gasteiger partial charge in [0, 0.05) is 24.6 Å². The first kappa shape index (κ1) is 19.4. The number of carbonyl (C=O) groups excluding carboxylic acids is 2. The second-order valence-corrected chi connectivity index (χ2v) is 9.11. The van der Waals surface area contributed by atoms with E-state index >= 15 is 0 Å². The highest BCUT2D eigenvalue weighted by molar-refractivity contribution is 7.15. The summed E-state index contributed by atoms with van der Waals surface area (Å²) in [6.07, 6.45) is 1.28. The van der Waals surface area contributed by atoms with Crippen LogP contribution in [0.2, 0.25) is 0 Å². The van der Waals surface area contributed by atoms with E-state index in [1.54, 1.807) is 4.90 Å². The van der Waals surface area contributed by atoms with Crippen molar-refractivity contribution >= 4 is 68.8 Å². The molecule has 6 nitrogen and oxygen atoms in total. The lowest BCUT2D eigenvalue weighted by Gasteiger charge is -2.16. The number of rotatable bonds is 4. The second-order valence-electron chi connectivity index (χ2n) is 5.82. The Bertz CT molecular complexity index is 820. The fraction of sp³-hybridized carbons (Fsp3) is 0.375. The summed E-state index contributed by atoms with van der Waals surface area (Å²) in [5.74, 6) is -0.865. The maximum atomic E-state index is 12.4. The number of aromatic nitrogens is 2. The normalized spacial score (nSPS) is 17.6. The molecule has 0 aliphatic carbocycles. The van der Waals surface area contributed by atoms with Gasteiger partial charge in [-0.05, 0) is 24.1 Å². The number of benzene rings is 1. The zero-order chi connectivity index (χ0) is 18.9. The summed E-state index contributed by atoms with van der Waals surface area (Å²) in [6, 6.07) is 7.94. The topological polar surface area (TPSA) is 75.2 Å². The van der Waals surface area contributed by atoms with E-state index in [4.69, 9.17) is 34.8 Å². The number of alkyl halides is 3. The van der Waals surface area contributed by atoms with Crippen molar-refractivity contribution in [3.05, 3.63) is 34.8 Å². The lowest BCUT2D eigenvalue weighted by Crippen LogP contribution is -2.26. The third-order valence-electron chi connectivity index (χ3n) is 4.05. The number of nitrogens with zero attached hydrogens (tertiary/aromatic N) is 3. The zero-order valence-corrected chi connectivity index (χ0v) is 16.8. The number of hydrogen-bond donors (Lipinski definition) is 1. The Balaban J connectivity index is 1.69. The van der Waals surface area contributed by atoms with Crippen molar-refractivity contribution in [3.8, 4) is 0 Å². The molecule has 1 unspecified atom stereocenters. The molecule has 0 spiro atoms. The first-order valence-electron chi connectivity index (χ1n) is 7.88. The molecule has 1 saturated heterocycles. The first-order chi connectivity index (χ1) is 12.3. The molecule has 1 fully saturated rings. The summed E-state index contributed by atoms with van der Waals surface area (Å²) in [5, 5.41) is 11.3. The summed E-state index contributed by atoms with van der Waals surface area (Å²) >= 11 is 17.7. The Morgan fingerprint density at radius 2 is 2.00 bits per heavy atom. The van der Waals surface area contributed by atoms with Gasteiger partial charge in [0.05, 0.1) is 0 Å². The van der Waals surface area contributed by atoms with Gasteiger partial charge in [-0.1, -0.05) is 65.2 Å². The van der Waals surface area contributed by atoms with Crippen molar-refractivity contribution in [2.75, 3.05) is 16.8 Å². The van der Waals surface area contributed by atoms with Crippen LogP contribution in [0.15, 0.2) is 24.3 Å². The van der Waals surface area contributed by atoms with Crippen LogP contribution in [0.3, 0.4) is 0 Å². The van der Waals surface area contributed by atoms with E-state index in [9.17, 15) is 9.59 Å². The molecule has 1 aliphatic heterocycles. The maximum absolute atomic E-state index is 12.4. The smallest absolute Gasteiger partial charge is 0.278 e. The number of halogens is 3. The van der Waals surface area contributed by atoms with E-state index in [1.807, 2.05) is 24.3 Å². The van der Waals surface area contributed by atoms with Gasteiger partial charge in [0.15, 0.2) is 0 Å². The van der Waals surface area contributed by atoms with E-state index in [1.165, 1.54) is 16.9 Å². The van der Waals surface area contributed by atoms with E-state index < -0.39 is 9.70 Å². The van der Waals surface area contributed by atoms with E-state index in [0.717, 1.165) is 12.1 Å². The van der Waals surface area contributed by atoms with Crippen molar-refractivity contribution in [1.82, 2.24) is 10.2 Å². The van der Waals surface area contributed by atoms with Gasteiger partial charge < -0.3 is 4.90 Å². The first-order valence-corrected chi connectivity index (χ1v) is 9.84. The predicted octanol–water partition coefficient (Wildman–Crippen LogP) is 3.93. The third kappa shape index (κ3) is 4.28. The predicted molar refractivity (Wildman–Crippen MR) is 104 cm³/mol. The Labute approximate surface area is 169 Å². The lowest BCUT2D eigenvalue weighted by atomic mass is 10.1. The van der Waals surface area contributed by atoms with Crippen molar-refractivity contribution in [2.24, 2.45) is 0 Å². The minimum absolute atomic E-state index is 0.0290. The van der Waals surface area contributed by atoms with Crippen molar-refractivity contribution < 1.29 is 9.59 Å². The highest BCUT2D eigenvalue weighted by Gasteiger charge is 2.35. The Kier molecular flexibility index (Phi) is 5.72. The minimum atomic E-state index is -2.07. The zero-order valence-electron chi connectivity index (χ0n) is 13.7. The average Bonchev–Trinajstić information content (AvgIpc) is 3.21. The van der Waals surface area contributed by atoms with Crippen molar-refractivity contribution in [3.63, 3.8) is 0 Å². The summed E-state index contributed by atoms with van der Waals surface area (Å²) in [6.45, 7) is 2.60. The number of nitrogens with one attached hydrogen (secondary N) is 1. The molecule has 2 amide bonds. The van der Waals surface area contributed by atoms with Crippen LogP contribution in [-0.4, -0.2) is 32.3 Å². The molecule has 2 aromatic rings. The van der Waals surface area contributed by atoms with E-state index in [-0.39, 0.29) is 17.0 Å². The molecule has 0 bridgehead atoms. The molecule has 1 aliphatic rings. The molecular formula is C16H15Cl3N4O2S. The summed E-state index contributed by atoms with van der Waals surface area (Å²) < 4.78 is -2.07. The van der Waals surface area contributed by atoms with Gasteiger partial charge in [0.25, 0.3) is 9.70 Å². The summed E-state index contributed by atoms with van der Waals surface area (Å²) in [4.78, 5) is 25.8. The van der Waals surface area contributed by atoms with Crippen LogP contribution < -0.4 is 10.2 Å². The Morgan fingerprint density at radius 3 is 2.62 bits per heavy atom. The van der Waals surface area contributed by atoms with Crippen LogP contribution in [-0.2, 0) is 16.0 Å². The number of carbonyl (C=O) groups is 2. The van der Waals surface area contributed by atoms with E-state index in [0.29, 0.717) is 18.0 Å². The minimum Gasteiger partial charge on any atom is -0.312 e. The van der Waals surface area contributed by atoms with Crippen LogP contribution in [0.1, 0.15) is 29.8 Å². The third-order valence-corrected chi connectivity index (χ3v) is 5.57. The maximum Gasteiger partial charge on any atom is 0.278 e. The number of amides is 2. The molecule has 1 aromatic heterocycles. The molecule has 1 atom stereocenters. The quantitative estimate of drug-likeness (QED) is 0.741. The van der Waals surface area contributed by atoms with Crippen LogP contribution in [0.25, 0.3) is 0 Å². The van der Waals surface area contributed by atoms with Gasteiger partial charge in [0.2, 0.25) is 11.0 Å². The monoisotopic (exact) mass is 432 g/mol. The highest BCUT2D eigenvalue weighted by atomic mass is 35.6. The van der Waals surface area contributed by atoms with Crippen LogP contribution in [0, 0.1) is 0 Å². The second kappa shape index (κ2) is 7.68. The molecule has 10 heteroatoms. The highest BCUT2D eigenvalue weighted by Crippen LogP contribution is 2.35. The van der Waals surface area contributed by atoms with Crippen molar-refractivity contribution in [2.45, 2.75) is 29.5 Å². The SMILES string of the molecule is CCc1ccc(N2CC(c3nnc(NC(=O)C(Cl)(Cl)Cl)s3)CC2=O)cc1. The van der Waals surface area contributed by atoms with Gasteiger partial charge in [0.1, 0.15) is 5.01 Å². The average molecular weight is 434 g/mol. The Morgan fingerprint density at radius 1 is 1.31 bits per heavy atom. The van der Waals surface area contributed by atoms with Crippen molar-refractivity contribution in [1.29, 1.82) is 0 Å². The molecule has 3 rings (SSSR count). The van der Waals surface area contributed by atoms with E-state index in [2.05, 4.69) is 22.4 Å². The van der Waals surface area contributed by atoms with Gasteiger partial charge in [-0.25, -0.2) is 0 Å². The molecule has 1 N–H and O–H groups in total. The van der Waals surface area contributed by atoms with Gasteiger partial charge >= 0.3 is 0 Å². The number of aryl methyl sites for hydroxylation is 1. The fourth-order valence-electron chi connectivity index (χ4n) is 2.65. The van der Waals surface area contributed by atoms with Gasteiger partial charge in [-0.2, -0.15) is 0 Å². The molecule has 26 heavy (non-hydrogen) atoms. The standard InChI is InChI=1S/C16H15Cl3N4O2S/c1-2-9-3-5-11(6-4-9)23-8-10(7-12(23)24)13-21-22-15(26-13)20-14(25)16(17,18)19/h3-6,10H,2,7-8H2,1H3,(H,20,22,25). The summed E-state index contributed by atoms with van der Waals surface area (Å²) in [7, 11) is 0. The van der Waals surface area contributed by atoms with Crippen LogP contribution in [0.5, 0.6) is 0 Å². The molecule has 0 radical (unpaired) electrons. The van der Waals surface area contributed by atoms with Crippen LogP contribution >= 0.6 is 46.1 Å². The van der Waals surface area contributed by atoms with Gasteiger partial charge in [-0.3, -0.25) is 14.9 Å². The molecule has 0 saturated carbocycles. The van der Waals surface area contributed by atoms with Gasteiger partial charge in [-0.15, -0.1) is 10.2 Å². The molecule has 138 valence electrons. The fourth-order valence-corrected chi connectivity index (χ4v) is 3.62. The molecular weight excluding hydrogens is 419 g/mol.